The van der Waals surface area contributed by atoms with Crippen molar-refractivity contribution in [1.82, 2.24) is 5.32 Å². The van der Waals surface area contributed by atoms with E-state index in [1.54, 1.807) is 0 Å². The van der Waals surface area contributed by atoms with Gasteiger partial charge in [-0.1, -0.05) is 22.6 Å². The first kappa shape index (κ1) is 7.47. The third kappa shape index (κ3) is 2.21. The average molecular weight is 239 g/mol. The van der Waals surface area contributed by atoms with Crippen molar-refractivity contribution in [3.63, 3.8) is 0 Å². The molecule has 0 aromatic rings. The van der Waals surface area contributed by atoms with Crippen LogP contribution in [0.5, 0.6) is 0 Å². The van der Waals surface area contributed by atoms with Gasteiger partial charge in [0, 0.05) is 13.0 Å². The molecule has 1 heterocycles. The highest BCUT2D eigenvalue weighted by molar-refractivity contribution is 14.1. The summed E-state index contributed by atoms with van der Waals surface area (Å²) in [6, 6.07) is 0. The molecule has 0 aromatic heterocycles. The fraction of sp³-hybridized carbons (Fsp3) is 0.833. The summed E-state index contributed by atoms with van der Waals surface area (Å²) < 4.78 is 0.213. The minimum absolute atomic E-state index is 0.213. The van der Waals surface area contributed by atoms with Gasteiger partial charge in [0.15, 0.2) is 0 Å². The molecule has 1 aliphatic rings. The summed E-state index contributed by atoms with van der Waals surface area (Å²) in [6.07, 6.45) is 1.78. The Bertz CT molecular complexity index is 116. The van der Waals surface area contributed by atoms with E-state index in [0.717, 1.165) is 25.9 Å². The van der Waals surface area contributed by atoms with Crippen molar-refractivity contribution >= 4 is 28.4 Å². The zero-order valence-electron chi connectivity index (χ0n) is 5.19. The van der Waals surface area contributed by atoms with Gasteiger partial charge >= 0.3 is 0 Å². The average Bonchev–Trinajstić information content (AvgIpc) is 1.99. The van der Waals surface area contributed by atoms with Gasteiger partial charge in [0.05, 0.1) is 3.92 Å². The summed E-state index contributed by atoms with van der Waals surface area (Å²) >= 11 is 2.20. The molecule has 1 rings (SSSR count). The topological polar surface area (TPSA) is 29.1 Å². The maximum atomic E-state index is 11.0. The Kier molecular flexibility index (Phi) is 2.91. The lowest BCUT2D eigenvalue weighted by atomic mass is 10.2. The lowest BCUT2D eigenvalue weighted by Gasteiger charge is -2.01. The van der Waals surface area contributed by atoms with E-state index in [4.69, 9.17) is 0 Å². The first-order valence-electron chi connectivity index (χ1n) is 3.18. The van der Waals surface area contributed by atoms with Crippen molar-refractivity contribution < 1.29 is 4.79 Å². The van der Waals surface area contributed by atoms with E-state index in [2.05, 4.69) is 27.9 Å². The Morgan fingerprint density at radius 1 is 1.67 bits per heavy atom. The molecule has 2 nitrogen and oxygen atoms in total. The van der Waals surface area contributed by atoms with Crippen molar-refractivity contribution in [3.05, 3.63) is 0 Å². The van der Waals surface area contributed by atoms with Crippen LogP contribution < -0.4 is 5.32 Å². The highest BCUT2D eigenvalue weighted by atomic mass is 127. The van der Waals surface area contributed by atoms with E-state index in [0.29, 0.717) is 5.78 Å². The molecular weight excluding hydrogens is 229 g/mol. The molecule has 0 saturated carbocycles. The lowest BCUT2D eigenvalue weighted by Crippen LogP contribution is -2.24. The molecule has 0 aliphatic carbocycles. The molecular formula is C6H10INO. The van der Waals surface area contributed by atoms with Gasteiger partial charge in [0.1, 0.15) is 5.78 Å². The number of ketones is 1. The van der Waals surface area contributed by atoms with Crippen LogP contribution >= 0.6 is 22.6 Å². The van der Waals surface area contributed by atoms with Crippen molar-refractivity contribution in [3.8, 4) is 0 Å². The van der Waals surface area contributed by atoms with Crippen LogP contribution in [-0.2, 0) is 4.79 Å². The maximum absolute atomic E-state index is 11.0. The van der Waals surface area contributed by atoms with Crippen LogP contribution in [0.2, 0.25) is 0 Å². The Hall–Kier alpha value is 0.360. The maximum Gasteiger partial charge on any atom is 0.147 e. The molecule has 1 saturated heterocycles. The number of hydrogen-bond acceptors (Lipinski definition) is 2. The molecule has 52 valence electrons. The van der Waals surface area contributed by atoms with Crippen LogP contribution in [0.25, 0.3) is 0 Å². The zero-order valence-corrected chi connectivity index (χ0v) is 7.35. The lowest BCUT2D eigenvalue weighted by molar-refractivity contribution is -0.117. The molecule has 0 radical (unpaired) electrons. The smallest absolute Gasteiger partial charge is 0.147 e. The molecule has 3 heteroatoms. The minimum Gasteiger partial charge on any atom is -0.315 e. The summed E-state index contributed by atoms with van der Waals surface area (Å²) in [5.41, 5.74) is 0. The molecule has 0 spiro atoms. The quantitative estimate of drug-likeness (QED) is 0.499. The van der Waals surface area contributed by atoms with Crippen molar-refractivity contribution in [1.29, 1.82) is 0 Å². The van der Waals surface area contributed by atoms with E-state index >= 15 is 0 Å². The van der Waals surface area contributed by atoms with Crippen LogP contribution in [0, 0.1) is 0 Å². The second-order valence-corrected chi connectivity index (χ2v) is 3.75. The first-order valence-corrected chi connectivity index (χ1v) is 4.43. The zero-order chi connectivity index (χ0) is 6.69. The molecule has 1 N–H and O–H groups in total. The summed E-state index contributed by atoms with van der Waals surface area (Å²) in [7, 11) is 0. The van der Waals surface area contributed by atoms with Gasteiger partial charge in [-0.25, -0.2) is 0 Å². The van der Waals surface area contributed by atoms with Crippen molar-refractivity contribution in [2.75, 3.05) is 13.1 Å². The second-order valence-electron chi connectivity index (χ2n) is 2.24. The number of nitrogens with one attached hydrogen (secondary N) is 1. The number of alkyl halides is 1. The van der Waals surface area contributed by atoms with Gasteiger partial charge in [0.25, 0.3) is 0 Å². The van der Waals surface area contributed by atoms with Gasteiger partial charge < -0.3 is 5.32 Å². The SMILES string of the molecule is O=C1CCCNCC1I. The predicted octanol–water partition coefficient (Wildman–Crippen LogP) is 0.742. The van der Waals surface area contributed by atoms with Crippen molar-refractivity contribution in [2.45, 2.75) is 16.8 Å². The molecule has 1 atom stereocenters. The number of carbonyl (C=O) groups excluding carboxylic acids is 1. The monoisotopic (exact) mass is 239 g/mol. The van der Waals surface area contributed by atoms with E-state index in [-0.39, 0.29) is 3.92 Å². The van der Waals surface area contributed by atoms with E-state index < -0.39 is 0 Å². The standard InChI is InChI=1S/C6H10INO/c7-5-4-8-3-1-2-6(5)9/h5,8H,1-4H2. The number of halogens is 1. The Labute approximate surface area is 68.5 Å². The van der Waals surface area contributed by atoms with Crippen LogP contribution in [0.4, 0.5) is 0 Å². The van der Waals surface area contributed by atoms with Crippen molar-refractivity contribution in [2.24, 2.45) is 0 Å². The molecule has 0 amide bonds. The molecule has 0 bridgehead atoms. The molecule has 1 fully saturated rings. The van der Waals surface area contributed by atoms with E-state index in [1.165, 1.54) is 0 Å². The molecule has 0 aromatic carbocycles. The fourth-order valence-corrected chi connectivity index (χ4v) is 1.51. The number of Topliss-reactive ketones (excluding diaryl/α,β-unsaturated/α-hetero) is 1. The van der Waals surface area contributed by atoms with Crippen LogP contribution in [0.3, 0.4) is 0 Å². The van der Waals surface area contributed by atoms with Gasteiger partial charge in [-0.05, 0) is 13.0 Å². The van der Waals surface area contributed by atoms with Gasteiger partial charge in [-0.15, -0.1) is 0 Å². The van der Waals surface area contributed by atoms with Gasteiger partial charge in [-0.2, -0.15) is 0 Å². The Morgan fingerprint density at radius 3 is 3.22 bits per heavy atom. The molecule has 1 aliphatic heterocycles. The third-order valence-corrected chi connectivity index (χ3v) is 2.58. The van der Waals surface area contributed by atoms with E-state index in [9.17, 15) is 4.79 Å². The predicted molar refractivity (Wildman–Crippen MR) is 44.9 cm³/mol. The largest absolute Gasteiger partial charge is 0.315 e. The minimum atomic E-state index is 0.213. The van der Waals surface area contributed by atoms with Crippen LogP contribution in [0.15, 0.2) is 0 Å². The van der Waals surface area contributed by atoms with Crippen LogP contribution in [0.1, 0.15) is 12.8 Å². The van der Waals surface area contributed by atoms with E-state index in [1.807, 2.05) is 0 Å². The van der Waals surface area contributed by atoms with Crippen LogP contribution in [-0.4, -0.2) is 22.8 Å². The number of hydrogen-bond donors (Lipinski definition) is 1. The number of rotatable bonds is 0. The number of carbonyl (C=O) groups is 1. The first-order chi connectivity index (χ1) is 4.30. The van der Waals surface area contributed by atoms with Gasteiger partial charge in [0.2, 0.25) is 0 Å². The highest BCUT2D eigenvalue weighted by Crippen LogP contribution is 2.07. The summed E-state index contributed by atoms with van der Waals surface area (Å²) in [5.74, 6) is 0.403. The second kappa shape index (κ2) is 3.51. The molecule has 1 unspecified atom stereocenters. The summed E-state index contributed by atoms with van der Waals surface area (Å²) in [6.45, 7) is 1.87. The summed E-state index contributed by atoms with van der Waals surface area (Å²) in [4.78, 5) is 11.0. The normalized spacial score (nSPS) is 29.9. The molecule has 9 heavy (non-hydrogen) atoms. The highest BCUT2D eigenvalue weighted by Gasteiger charge is 2.15. The third-order valence-electron chi connectivity index (χ3n) is 1.45. The fourth-order valence-electron chi connectivity index (χ4n) is 0.887. The Balaban J connectivity index is 2.41. The summed E-state index contributed by atoms with van der Waals surface area (Å²) in [5, 5.41) is 3.20. The Morgan fingerprint density at radius 2 is 2.44 bits per heavy atom. The van der Waals surface area contributed by atoms with Gasteiger partial charge in [-0.3, -0.25) is 4.79 Å².